The van der Waals surface area contributed by atoms with E-state index in [1.54, 1.807) is 18.2 Å². The molecule has 5 heteroatoms. The van der Waals surface area contributed by atoms with Gasteiger partial charge in [-0.3, -0.25) is 9.59 Å². The van der Waals surface area contributed by atoms with Crippen molar-refractivity contribution < 1.29 is 14.3 Å². The topological polar surface area (TPSA) is 49.9 Å². The Bertz CT molecular complexity index is 1230. The highest BCUT2D eigenvalue weighted by Crippen LogP contribution is 2.40. The SMILES string of the molecule is CCOc1ccccc1N1C(=O)C(c2ccc(C)c(C)c2)=C(N(CC)c2ccccc2)C1=O. The summed E-state index contributed by atoms with van der Waals surface area (Å²) in [5.74, 6) is -0.198. The molecule has 0 atom stereocenters. The van der Waals surface area contributed by atoms with Gasteiger partial charge in [-0.1, -0.05) is 48.5 Å². The van der Waals surface area contributed by atoms with Crippen molar-refractivity contribution >= 4 is 28.8 Å². The molecule has 0 saturated carbocycles. The molecule has 0 spiro atoms. The van der Waals surface area contributed by atoms with Gasteiger partial charge in [-0.2, -0.15) is 0 Å². The van der Waals surface area contributed by atoms with Crippen LogP contribution in [0.25, 0.3) is 5.57 Å². The minimum atomic E-state index is -0.355. The number of ether oxygens (including phenoxy) is 1. The van der Waals surface area contributed by atoms with Crippen LogP contribution in [0.5, 0.6) is 5.75 Å². The van der Waals surface area contributed by atoms with Crippen LogP contribution in [0.4, 0.5) is 11.4 Å². The Labute approximate surface area is 194 Å². The molecule has 0 unspecified atom stereocenters. The van der Waals surface area contributed by atoms with E-state index < -0.39 is 0 Å². The summed E-state index contributed by atoms with van der Waals surface area (Å²) in [6.07, 6.45) is 0. The fourth-order valence-corrected chi connectivity index (χ4v) is 4.14. The van der Waals surface area contributed by atoms with Gasteiger partial charge in [-0.05, 0) is 68.7 Å². The Hall–Kier alpha value is -3.86. The van der Waals surface area contributed by atoms with Crippen LogP contribution in [0.3, 0.4) is 0 Å². The average Bonchev–Trinajstić information content (AvgIpc) is 3.07. The second kappa shape index (κ2) is 9.33. The van der Waals surface area contributed by atoms with Gasteiger partial charge in [0.05, 0.1) is 17.9 Å². The van der Waals surface area contributed by atoms with E-state index in [9.17, 15) is 9.59 Å². The number of carbonyl (C=O) groups is 2. The molecule has 1 heterocycles. The second-order valence-electron chi connectivity index (χ2n) is 7.95. The van der Waals surface area contributed by atoms with E-state index in [0.29, 0.717) is 35.9 Å². The van der Waals surface area contributed by atoms with Gasteiger partial charge in [0.2, 0.25) is 0 Å². The van der Waals surface area contributed by atoms with Gasteiger partial charge >= 0.3 is 0 Å². The number of anilines is 2. The molecule has 0 N–H and O–H groups in total. The minimum Gasteiger partial charge on any atom is -0.492 e. The molecule has 1 aliphatic rings. The van der Waals surface area contributed by atoms with Crippen molar-refractivity contribution in [1.82, 2.24) is 0 Å². The van der Waals surface area contributed by atoms with E-state index in [1.165, 1.54) is 4.90 Å². The summed E-state index contributed by atoms with van der Waals surface area (Å²) < 4.78 is 5.75. The molecule has 0 aliphatic carbocycles. The summed E-state index contributed by atoms with van der Waals surface area (Å²) in [4.78, 5) is 31.0. The number of benzene rings is 3. The van der Waals surface area contributed by atoms with Crippen LogP contribution in [0.2, 0.25) is 0 Å². The molecule has 0 radical (unpaired) electrons. The highest BCUT2D eigenvalue weighted by Gasteiger charge is 2.43. The van der Waals surface area contributed by atoms with Crippen LogP contribution in [0.15, 0.2) is 78.5 Å². The molecule has 0 bridgehead atoms. The lowest BCUT2D eigenvalue weighted by atomic mass is 9.99. The zero-order chi connectivity index (χ0) is 23.5. The first-order valence-electron chi connectivity index (χ1n) is 11.2. The third-order valence-corrected chi connectivity index (χ3v) is 5.92. The molecular formula is C28H28N2O3. The predicted molar refractivity (Wildman–Crippen MR) is 132 cm³/mol. The molecule has 5 nitrogen and oxygen atoms in total. The summed E-state index contributed by atoms with van der Waals surface area (Å²) >= 11 is 0. The Balaban J connectivity index is 1.93. The van der Waals surface area contributed by atoms with Crippen molar-refractivity contribution in [3.8, 4) is 5.75 Å². The monoisotopic (exact) mass is 440 g/mol. The van der Waals surface area contributed by atoms with Crippen molar-refractivity contribution in [1.29, 1.82) is 0 Å². The Morgan fingerprint density at radius 1 is 0.818 bits per heavy atom. The largest absolute Gasteiger partial charge is 0.492 e. The van der Waals surface area contributed by atoms with E-state index >= 15 is 0 Å². The number of carbonyl (C=O) groups excluding carboxylic acids is 2. The standard InChI is InChI=1S/C28H28N2O3/c1-5-29(22-12-8-7-9-13-22)26-25(21-17-16-19(3)20(4)18-21)27(31)30(28(26)32)23-14-10-11-15-24(23)33-6-2/h7-18H,5-6H2,1-4H3. The molecule has 4 rings (SSSR count). The number of nitrogens with zero attached hydrogens (tertiary/aromatic N) is 2. The van der Waals surface area contributed by atoms with Crippen molar-refractivity contribution in [3.05, 3.63) is 95.2 Å². The summed E-state index contributed by atoms with van der Waals surface area (Å²) in [6, 6.07) is 22.7. The summed E-state index contributed by atoms with van der Waals surface area (Å²) in [6.45, 7) is 8.87. The fourth-order valence-electron chi connectivity index (χ4n) is 4.14. The molecule has 0 aromatic heterocycles. The molecule has 33 heavy (non-hydrogen) atoms. The first-order valence-corrected chi connectivity index (χ1v) is 11.2. The maximum Gasteiger partial charge on any atom is 0.282 e. The van der Waals surface area contributed by atoms with Crippen molar-refractivity contribution in [3.63, 3.8) is 0 Å². The number of hydrogen-bond acceptors (Lipinski definition) is 4. The van der Waals surface area contributed by atoms with E-state index in [-0.39, 0.29) is 11.8 Å². The normalized spacial score (nSPS) is 13.6. The zero-order valence-corrected chi connectivity index (χ0v) is 19.5. The molecule has 0 saturated heterocycles. The molecule has 0 fully saturated rings. The zero-order valence-electron chi connectivity index (χ0n) is 19.5. The first-order chi connectivity index (χ1) is 16.0. The highest BCUT2D eigenvalue weighted by atomic mass is 16.5. The fraction of sp³-hybridized carbons (Fsp3) is 0.214. The van der Waals surface area contributed by atoms with Gasteiger partial charge in [0, 0.05) is 12.2 Å². The molecule has 2 amide bonds. The predicted octanol–water partition coefficient (Wildman–Crippen LogP) is 5.51. The smallest absolute Gasteiger partial charge is 0.282 e. The Morgan fingerprint density at radius 2 is 1.52 bits per heavy atom. The Morgan fingerprint density at radius 3 is 2.18 bits per heavy atom. The lowest BCUT2D eigenvalue weighted by molar-refractivity contribution is -0.120. The van der Waals surface area contributed by atoms with Gasteiger partial charge in [0.1, 0.15) is 11.4 Å². The maximum absolute atomic E-state index is 13.9. The molecule has 1 aliphatic heterocycles. The van der Waals surface area contributed by atoms with E-state index in [1.807, 2.05) is 87.2 Å². The first kappa shape index (κ1) is 22.3. The summed E-state index contributed by atoms with van der Waals surface area (Å²) in [5.41, 5.74) is 5.02. The van der Waals surface area contributed by atoms with Crippen LogP contribution in [0, 0.1) is 13.8 Å². The van der Waals surface area contributed by atoms with Crippen LogP contribution in [-0.2, 0) is 9.59 Å². The van der Waals surface area contributed by atoms with Crippen molar-refractivity contribution in [2.45, 2.75) is 27.7 Å². The van der Waals surface area contributed by atoms with Crippen molar-refractivity contribution in [2.75, 3.05) is 23.0 Å². The summed E-state index contributed by atoms with van der Waals surface area (Å²) in [7, 11) is 0. The van der Waals surface area contributed by atoms with Gasteiger partial charge in [0.15, 0.2) is 0 Å². The van der Waals surface area contributed by atoms with E-state index in [4.69, 9.17) is 4.74 Å². The second-order valence-corrected chi connectivity index (χ2v) is 7.95. The third kappa shape index (κ3) is 4.02. The van der Waals surface area contributed by atoms with Gasteiger partial charge in [-0.25, -0.2) is 4.90 Å². The third-order valence-electron chi connectivity index (χ3n) is 5.92. The quantitative estimate of drug-likeness (QED) is 0.455. The summed E-state index contributed by atoms with van der Waals surface area (Å²) in [5, 5.41) is 0. The lowest BCUT2D eigenvalue weighted by Crippen LogP contribution is -2.35. The lowest BCUT2D eigenvalue weighted by Gasteiger charge is -2.25. The van der Waals surface area contributed by atoms with Crippen molar-refractivity contribution in [2.24, 2.45) is 0 Å². The highest BCUT2D eigenvalue weighted by molar-refractivity contribution is 6.46. The number of likely N-dealkylation sites (N-methyl/N-ethyl adjacent to an activating group) is 1. The number of rotatable bonds is 7. The number of aryl methyl sites for hydroxylation is 2. The molecule has 168 valence electrons. The van der Waals surface area contributed by atoms with Crippen LogP contribution >= 0.6 is 0 Å². The number of amides is 2. The van der Waals surface area contributed by atoms with Gasteiger partial charge < -0.3 is 9.64 Å². The van der Waals surface area contributed by atoms with Crippen LogP contribution in [0.1, 0.15) is 30.5 Å². The van der Waals surface area contributed by atoms with E-state index in [0.717, 1.165) is 22.4 Å². The average molecular weight is 441 g/mol. The van der Waals surface area contributed by atoms with Crippen LogP contribution in [-0.4, -0.2) is 25.0 Å². The molecule has 3 aromatic carbocycles. The number of para-hydroxylation sites is 3. The minimum absolute atomic E-state index is 0.347. The molecule has 3 aromatic rings. The maximum atomic E-state index is 13.9. The molecular weight excluding hydrogens is 412 g/mol. The van der Waals surface area contributed by atoms with Gasteiger partial charge in [0.25, 0.3) is 11.8 Å². The van der Waals surface area contributed by atoms with E-state index in [2.05, 4.69) is 0 Å². The number of imide groups is 1. The van der Waals surface area contributed by atoms with Crippen LogP contribution < -0.4 is 14.5 Å². The Kier molecular flexibility index (Phi) is 6.31. The number of hydrogen-bond donors (Lipinski definition) is 0. The van der Waals surface area contributed by atoms with Gasteiger partial charge in [-0.15, -0.1) is 0 Å².